The summed E-state index contributed by atoms with van der Waals surface area (Å²) in [6.45, 7) is 7.34. The number of benzene rings is 3. The summed E-state index contributed by atoms with van der Waals surface area (Å²) in [7, 11) is 0. The van der Waals surface area contributed by atoms with Crippen LogP contribution in [0.15, 0.2) is 83.9 Å². The minimum Gasteiger partial charge on any atom is -0.488 e. The number of fused-ring (bicyclic) bond motifs is 1. The molecule has 6 heteroatoms. The molecule has 1 atom stereocenters. The van der Waals surface area contributed by atoms with Crippen molar-refractivity contribution in [3.05, 3.63) is 111 Å². The van der Waals surface area contributed by atoms with E-state index in [-0.39, 0.29) is 11.3 Å². The third kappa shape index (κ3) is 6.60. The maximum atomic E-state index is 13.6. The number of hydrogen-bond acceptors (Lipinski definition) is 4. The number of ether oxygens (including phenoxy) is 1. The van der Waals surface area contributed by atoms with E-state index in [1.165, 1.54) is 4.88 Å². The lowest BCUT2D eigenvalue weighted by Crippen LogP contribution is -2.27. The number of carbonyl (C=O) groups is 1. The lowest BCUT2D eigenvalue weighted by Gasteiger charge is -2.33. The topological polar surface area (TPSA) is 50.7 Å². The number of para-hydroxylation sites is 2. The standard InChI is InChI=1S/C33H33ClN2O2S/c1-33(2,3)24-15-18-27-29(19-24)39-32(30(27)31(37)36-26-10-5-4-6-11-26)35-20-23-9-7-8-12-28(23)38-21-22-13-16-25(34)17-14-22/h4-14,16-17,20,24H,15,18-19,21H2,1-3H3,(H,36,37)/t24-/m1/s1. The second kappa shape index (κ2) is 11.8. The monoisotopic (exact) mass is 556 g/mol. The summed E-state index contributed by atoms with van der Waals surface area (Å²) in [5.74, 6) is 1.21. The molecule has 39 heavy (non-hydrogen) atoms. The van der Waals surface area contributed by atoms with Crippen LogP contribution < -0.4 is 10.1 Å². The molecule has 1 N–H and O–H groups in total. The first-order valence-corrected chi connectivity index (χ1v) is 14.5. The van der Waals surface area contributed by atoms with Gasteiger partial charge in [0.1, 0.15) is 17.4 Å². The van der Waals surface area contributed by atoms with Gasteiger partial charge in [-0.1, -0.05) is 74.8 Å². The van der Waals surface area contributed by atoms with E-state index < -0.39 is 0 Å². The molecule has 0 aliphatic heterocycles. The third-order valence-electron chi connectivity index (χ3n) is 7.28. The maximum absolute atomic E-state index is 13.6. The number of anilines is 1. The molecule has 3 aromatic carbocycles. The van der Waals surface area contributed by atoms with Crippen LogP contribution in [0.3, 0.4) is 0 Å². The van der Waals surface area contributed by atoms with Crippen molar-refractivity contribution in [2.24, 2.45) is 16.3 Å². The van der Waals surface area contributed by atoms with Gasteiger partial charge in [-0.2, -0.15) is 0 Å². The minimum absolute atomic E-state index is 0.104. The highest BCUT2D eigenvalue weighted by molar-refractivity contribution is 7.16. The van der Waals surface area contributed by atoms with Crippen molar-refractivity contribution in [3.63, 3.8) is 0 Å². The molecular formula is C33H33ClN2O2S. The van der Waals surface area contributed by atoms with Crippen molar-refractivity contribution in [1.29, 1.82) is 0 Å². The Labute approximate surface area is 239 Å². The number of hydrogen-bond donors (Lipinski definition) is 1. The average Bonchev–Trinajstić information content (AvgIpc) is 3.30. The minimum atomic E-state index is -0.104. The third-order valence-corrected chi connectivity index (χ3v) is 8.69. The molecule has 4 aromatic rings. The summed E-state index contributed by atoms with van der Waals surface area (Å²) in [4.78, 5) is 19.8. The molecular weight excluding hydrogens is 524 g/mol. The molecule has 4 nitrogen and oxygen atoms in total. The molecule has 200 valence electrons. The molecule has 0 fully saturated rings. The average molecular weight is 557 g/mol. The van der Waals surface area contributed by atoms with E-state index in [0.717, 1.165) is 52.4 Å². The van der Waals surface area contributed by atoms with E-state index in [1.54, 1.807) is 11.3 Å². The van der Waals surface area contributed by atoms with Gasteiger partial charge in [-0.25, -0.2) is 4.99 Å². The predicted molar refractivity (Wildman–Crippen MR) is 163 cm³/mol. The van der Waals surface area contributed by atoms with E-state index in [1.807, 2.05) is 85.1 Å². The number of thiophene rings is 1. The number of nitrogens with one attached hydrogen (secondary N) is 1. The van der Waals surface area contributed by atoms with Gasteiger partial charge in [-0.05, 0) is 78.1 Å². The number of aliphatic imine (C=N–C) groups is 1. The summed E-state index contributed by atoms with van der Waals surface area (Å²) in [6.07, 6.45) is 4.76. The highest BCUT2D eigenvalue weighted by Gasteiger charge is 2.33. The van der Waals surface area contributed by atoms with Gasteiger partial charge in [0.05, 0.1) is 5.56 Å². The van der Waals surface area contributed by atoms with Crippen molar-refractivity contribution in [3.8, 4) is 5.75 Å². The summed E-state index contributed by atoms with van der Waals surface area (Å²) >= 11 is 7.66. The molecule has 0 saturated heterocycles. The van der Waals surface area contributed by atoms with E-state index in [0.29, 0.717) is 23.1 Å². The summed E-state index contributed by atoms with van der Waals surface area (Å²) in [6, 6.07) is 25.1. The SMILES string of the molecule is CC(C)(C)[C@@H]1CCc2c(sc(N=Cc3ccccc3OCc3ccc(Cl)cc3)c2C(=O)Nc2ccccc2)C1. The Bertz CT molecular complexity index is 1470. The highest BCUT2D eigenvalue weighted by atomic mass is 35.5. The molecule has 1 aromatic heterocycles. The van der Waals surface area contributed by atoms with Gasteiger partial charge < -0.3 is 10.1 Å². The lowest BCUT2D eigenvalue weighted by atomic mass is 9.72. The molecule has 1 amide bonds. The summed E-state index contributed by atoms with van der Waals surface area (Å²) < 4.78 is 6.13. The fourth-order valence-corrected chi connectivity index (χ4v) is 6.33. The normalized spacial score (nSPS) is 15.2. The van der Waals surface area contributed by atoms with Crippen LogP contribution in [0.25, 0.3) is 0 Å². The van der Waals surface area contributed by atoms with Crippen LogP contribution in [0.4, 0.5) is 10.7 Å². The lowest BCUT2D eigenvalue weighted by molar-refractivity contribution is 0.102. The van der Waals surface area contributed by atoms with Gasteiger partial charge in [-0.15, -0.1) is 11.3 Å². The van der Waals surface area contributed by atoms with E-state index in [9.17, 15) is 4.79 Å². The number of halogens is 1. The maximum Gasteiger partial charge on any atom is 0.259 e. The Hall–Kier alpha value is -3.41. The fraction of sp³-hybridized carbons (Fsp3) is 0.273. The predicted octanol–water partition coefficient (Wildman–Crippen LogP) is 9.13. The van der Waals surface area contributed by atoms with Gasteiger partial charge in [0.25, 0.3) is 5.91 Å². The quantitative estimate of drug-likeness (QED) is 0.231. The molecule has 0 bridgehead atoms. The van der Waals surface area contributed by atoms with E-state index in [4.69, 9.17) is 21.3 Å². The van der Waals surface area contributed by atoms with Crippen molar-refractivity contribution in [1.82, 2.24) is 0 Å². The largest absolute Gasteiger partial charge is 0.488 e. The Kier molecular flexibility index (Phi) is 8.20. The zero-order chi connectivity index (χ0) is 27.4. The second-order valence-electron chi connectivity index (χ2n) is 11.0. The van der Waals surface area contributed by atoms with Gasteiger partial charge in [0.2, 0.25) is 0 Å². The van der Waals surface area contributed by atoms with Crippen LogP contribution in [-0.4, -0.2) is 12.1 Å². The first kappa shape index (κ1) is 27.2. The molecule has 1 aliphatic rings. The zero-order valence-corrected chi connectivity index (χ0v) is 24.1. The molecule has 0 saturated carbocycles. The van der Waals surface area contributed by atoms with Gasteiger partial charge >= 0.3 is 0 Å². The zero-order valence-electron chi connectivity index (χ0n) is 22.5. The van der Waals surface area contributed by atoms with Crippen molar-refractivity contribution >= 4 is 45.7 Å². The van der Waals surface area contributed by atoms with Crippen LogP contribution in [0.5, 0.6) is 5.75 Å². The molecule has 5 rings (SSSR count). The molecule has 1 aliphatic carbocycles. The van der Waals surface area contributed by atoms with Crippen molar-refractivity contribution in [2.75, 3.05) is 5.32 Å². The smallest absolute Gasteiger partial charge is 0.259 e. The molecule has 0 unspecified atom stereocenters. The molecule has 1 heterocycles. The number of rotatable bonds is 7. The number of carbonyl (C=O) groups excluding carboxylic acids is 1. The van der Waals surface area contributed by atoms with Gasteiger partial charge in [0, 0.05) is 27.4 Å². The van der Waals surface area contributed by atoms with Crippen molar-refractivity contribution in [2.45, 2.75) is 46.6 Å². The Morgan fingerprint density at radius 3 is 2.51 bits per heavy atom. The first-order valence-electron chi connectivity index (χ1n) is 13.3. The van der Waals surface area contributed by atoms with E-state index >= 15 is 0 Å². The first-order chi connectivity index (χ1) is 18.8. The molecule has 0 radical (unpaired) electrons. The summed E-state index contributed by atoms with van der Waals surface area (Å²) in [5, 5.41) is 4.53. The summed E-state index contributed by atoms with van der Waals surface area (Å²) in [5.41, 5.74) is 4.74. The van der Waals surface area contributed by atoms with E-state index in [2.05, 4.69) is 26.1 Å². The van der Waals surface area contributed by atoms with Crippen LogP contribution in [0.2, 0.25) is 5.02 Å². The Morgan fingerprint density at radius 1 is 1.05 bits per heavy atom. The molecule has 0 spiro atoms. The Morgan fingerprint density at radius 2 is 1.77 bits per heavy atom. The fourth-order valence-electron chi connectivity index (χ4n) is 4.94. The Balaban J connectivity index is 1.44. The highest BCUT2D eigenvalue weighted by Crippen LogP contribution is 2.45. The van der Waals surface area contributed by atoms with Crippen molar-refractivity contribution < 1.29 is 9.53 Å². The van der Waals surface area contributed by atoms with Crippen LogP contribution in [0.1, 0.15) is 59.1 Å². The van der Waals surface area contributed by atoms with Gasteiger partial charge in [0.15, 0.2) is 0 Å². The number of nitrogens with zero attached hydrogens (tertiary/aromatic N) is 1. The van der Waals surface area contributed by atoms with Crippen LogP contribution >= 0.6 is 22.9 Å². The number of amides is 1. The van der Waals surface area contributed by atoms with Gasteiger partial charge in [-0.3, -0.25) is 4.79 Å². The van der Waals surface area contributed by atoms with Crippen LogP contribution in [-0.2, 0) is 19.4 Å². The second-order valence-corrected chi connectivity index (χ2v) is 12.5. The van der Waals surface area contributed by atoms with Crippen LogP contribution in [0, 0.1) is 11.3 Å².